The van der Waals surface area contributed by atoms with Gasteiger partial charge in [0.05, 0.1) is 16.6 Å². The molecule has 0 heterocycles. The first-order valence-corrected chi connectivity index (χ1v) is 20.1. The number of halogens is 2. The van der Waals surface area contributed by atoms with Crippen molar-refractivity contribution in [3.8, 4) is 0 Å². The Hall–Kier alpha value is 0.739. The molecule has 0 atom stereocenters. The summed E-state index contributed by atoms with van der Waals surface area (Å²) in [5.74, 6) is 0. The molecular formula is C26H42Br2FeNP2+2. The first-order valence-electron chi connectivity index (χ1n) is 11.5. The van der Waals surface area contributed by atoms with Crippen LogP contribution in [0.2, 0.25) is 0 Å². The molecule has 0 radical (unpaired) electrons. The minimum atomic E-state index is -0.560. The zero-order chi connectivity index (χ0) is 24.3. The van der Waals surface area contributed by atoms with Crippen LogP contribution < -0.4 is 15.9 Å². The Morgan fingerprint density at radius 3 is 1.69 bits per heavy atom. The maximum absolute atomic E-state index is 3.79. The summed E-state index contributed by atoms with van der Waals surface area (Å²) in [6, 6.07) is 18.2. The third-order valence-electron chi connectivity index (χ3n) is 5.59. The van der Waals surface area contributed by atoms with Crippen LogP contribution in [0.1, 0.15) is 66.5 Å². The molecular weight excluding hydrogens is 604 g/mol. The SMILES string of the molecule is CC(C)P(c1ccccc1CNCc1ccccc1[PH+](C(C)C)C(C)C)C(C)C.[Br][Fe+][Br]. The molecule has 0 aromatic heterocycles. The van der Waals surface area contributed by atoms with Gasteiger partial charge in [0.25, 0.3) is 0 Å². The van der Waals surface area contributed by atoms with Crippen LogP contribution in [0.25, 0.3) is 0 Å². The van der Waals surface area contributed by atoms with Gasteiger partial charge in [-0.25, -0.2) is 0 Å². The topological polar surface area (TPSA) is 12.0 Å². The maximum atomic E-state index is 3.79. The van der Waals surface area contributed by atoms with Crippen LogP contribution in [0.5, 0.6) is 0 Å². The van der Waals surface area contributed by atoms with E-state index in [0.29, 0.717) is 11.3 Å². The second kappa shape index (κ2) is 16.4. The van der Waals surface area contributed by atoms with Crippen LogP contribution >= 0.6 is 44.1 Å². The Bertz CT molecular complexity index is 704. The van der Waals surface area contributed by atoms with Crippen molar-refractivity contribution in [3.63, 3.8) is 0 Å². The summed E-state index contributed by atoms with van der Waals surface area (Å²) in [7, 11) is -0.694. The van der Waals surface area contributed by atoms with E-state index >= 15 is 0 Å². The summed E-state index contributed by atoms with van der Waals surface area (Å²) < 4.78 is 0. The number of hydrogen-bond donors (Lipinski definition) is 1. The van der Waals surface area contributed by atoms with Crippen molar-refractivity contribution >= 4 is 54.7 Å². The quantitative estimate of drug-likeness (QED) is 0.203. The molecule has 6 heteroatoms. The average molecular weight is 646 g/mol. The van der Waals surface area contributed by atoms with Crippen molar-refractivity contribution < 1.29 is 11.3 Å². The van der Waals surface area contributed by atoms with Crippen LogP contribution in [0.3, 0.4) is 0 Å². The zero-order valence-electron chi connectivity index (χ0n) is 20.9. The van der Waals surface area contributed by atoms with Gasteiger partial charge in [-0.2, -0.15) is 0 Å². The van der Waals surface area contributed by atoms with Crippen molar-refractivity contribution in [3.05, 3.63) is 59.7 Å². The third kappa shape index (κ3) is 9.77. The molecule has 0 fully saturated rings. The normalized spacial score (nSPS) is 11.8. The first-order chi connectivity index (χ1) is 15.1. The van der Waals surface area contributed by atoms with Gasteiger partial charge in [-0.15, -0.1) is 0 Å². The minimum absolute atomic E-state index is 0.134. The van der Waals surface area contributed by atoms with Gasteiger partial charge in [0.15, 0.2) is 0 Å². The molecule has 32 heavy (non-hydrogen) atoms. The molecule has 1 nitrogen and oxygen atoms in total. The molecule has 0 saturated heterocycles. The van der Waals surface area contributed by atoms with Crippen LogP contribution in [0, 0.1) is 0 Å². The van der Waals surface area contributed by atoms with E-state index in [9.17, 15) is 0 Å². The fourth-order valence-corrected chi connectivity index (χ4v) is 11.1. The van der Waals surface area contributed by atoms with E-state index in [2.05, 4.69) is 137 Å². The second-order valence-electron chi connectivity index (χ2n) is 9.30. The van der Waals surface area contributed by atoms with Gasteiger partial charge in [0.2, 0.25) is 0 Å². The molecule has 0 aliphatic carbocycles. The monoisotopic (exact) mass is 644 g/mol. The summed E-state index contributed by atoms with van der Waals surface area (Å²) in [6.07, 6.45) is 0. The predicted molar refractivity (Wildman–Crippen MR) is 156 cm³/mol. The van der Waals surface area contributed by atoms with E-state index in [1.165, 1.54) is 11.1 Å². The Kier molecular flexibility index (Phi) is 15.8. The summed E-state index contributed by atoms with van der Waals surface area (Å²) in [6.45, 7) is 21.0. The van der Waals surface area contributed by atoms with Gasteiger partial charge >= 0.3 is 39.6 Å². The Morgan fingerprint density at radius 1 is 0.750 bits per heavy atom. The summed E-state index contributed by atoms with van der Waals surface area (Å²) in [5.41, 5.74) is 5.92. The van der Waals surface area contributed by atoms with Gasteiger partial charge in [-0.3, -0.25) is 0 Å². The van der Waals surface area contributed by atoms with Gasteiger partial charge in [0.1, 0.15) is 0 Å². The fraction of sp³-hybridized carbons (Fsp3) is 0.538. The molecule has 0 amide bonds. The summed E-state index contributed by atoms with van der Waals surface area (Å²) >= 11 is 7.00. The first kappa shape index (κ1) is 30.8. The second-order valence-corrected chi connectivity index (χ2v) is 22.0. The molecule has 2 aromatic rings. The van der Waals surface area contributed by atoms with Crippen molar-refractivity contribution in [2.45, 2.75) is 91.1 Å². The van der Waals surface area contributed by atoms with E-state index in [0.717, 1.165) is 35.7 Å². The molecule has 2 aromatic carbocycles. The Morgan fingerprint density at radius 2 is 1.19 bits per heavy atom. The molecule has 181 valence electrons. The van der Waals surface area contributed by atoms with Crippen LogP contribution in [0.4, 0.5) is 0 Å². The van der Waals surface area contributed by atoms with Gasteiger partial charge in [0, 0.05) is 26.6 Å². The molecule has 1 N–H and O–H groups in total. The molecule has 0 aliphatic rings. The Balaban J connectivity index is 0.00000161. The fourth-order valence-electron chi connectivity index (χ4n) is 4.64. The number of rotatable bonds is 10. The number of hydrogen-bond acceptors (Lipinski definition) is 1. The van der Waals surface area contributed by atoms with Crippen molar-refractivity contribution in [2.75, 3.05) is 0 Å². The summed E-state index contributed by atoms with van der Waals surface area (Å²) in [4.78, 5) is 0. The van der Waals surface area contributed by atoms with Gasteiger partial charge in [-0.05, 0) is 55.9 Å². The zero-order valence-corrected chi connectivity index (χ0v) is 27.1. The van der Waals surface area contributed by atoms with E-state index in [1.807, 2.05) is 0 Å². The molecule has 0 spiro atoms. The van der Waals surface area contributed by atoms with Crippen molar-refractivity contribution in [2.24, 2.45) is 0 Å². The van der Waals surface area contributed by atoms with Crippen molar-refractivity contribution in [1.29, 1.82) is 0 Å². The summed E-state index contributed by atoms with van der Waals surface area (Å²) in [5, 5.41) is 7.00. The van der Waals surface area contributed by atoms with Crippen LogP contribution in [-0.2, 0) is 24.4 Å². The number of benzene rings is 2. The van der Waals surface area contributed by atoms with E-state index in [4.69, 9.17) is 0 Å². The molecule has 0 saturated carbocycles. The number of nitrogens with one attached hydrogen (secondary N) is 1. The molecule has 0 bridgehead atoms. The van der Waals surface area contributed by atoms with E-state index in [-0.39, 0.29) is 7.92 Å². The molecule has 0 aliphatic heterocycles. The van der Waals surface area contributed by atoms with Crippen LogP contribution in [-0.4, -0.2) is 22.6 Å². The average Bonchev–Trinajstić information content (AvgIpc) is 2.70. The molecule has 2 rings (SSSR count). The van der Waals surface area contributed by atoms with Crippen LogP contribution in [0.15, 0.2) is 48.5 Å². The van der Waals surface area contributed by atoms with E-state index in [1.54, 1.807) is 10.6 Å². The van der Waals surface area contributed by atoms with Gasteiger partial charge < -0.3 is 5.32 Å². The van der Waals surface area contributed by atoms with Gasteiger partial charge in [-0.1, -0.05) is 78.1 Å². The Labute approximate surface area is 220 Å². The third-order valence-corrected chi connectivity index (χ3v) is 12.4. The van der Waals surface area contributed by atoms with E-state index < -0.39 is 7.92 Å². The molecule has 0 unspecified atom stereocenters. The van der Waals surface area contributed by atoms with Crippen molar-refractivity contribution in [1.82, 2.24) is 5.32 Å². The standard InChI is InChI=1S/C26H41NP2.2BrH.Fe/c1-19(2)28(20(3)4)25-15-11-9-13-23(25)17-27-18-24-14-10-12-16-26(24)29(21(5)6)22(7)8;;;/h9-16,19-22,27H,17-18H2,1-8H3;2*1H;/q;;;+3/p-1. The predicted octanol–water partition coefficient (Wildman–Crippen LogP) is 8.25.